The summed E-state index contributed by atoms with van der Waals surface area (Å²) < 4.78 is 5.68. The number of nitrogens with one attached hydrogen (secondary N) is 2. The molecular weight excluding hydrogens is 474 g/mol. The molecule has 0 unspecified atom stereocenters. The van der Waals surface area contributed by atoms with Gasteiger partial charge in [0.2, 0.25) is 5.89 Å². The molecule has 0 aliphatic heterocycles. The minimum absolute atomic E-state index is 0.258. The van der Waals surface area contributed by atoms with Gasteiger partial charge in [0.15, 0.2) is 5.69 Å². The molecule has 2 aromatic carbocycles. The van der Waals surface area contributed by atoms with Crippen LogP contribution in [0, 0.1) is 0 Å². The van der Waals surface area contributed by atoms with Gasteiger partial charge in [-0.05, 0) is 47.4 Å². The zero-order chi connectivity index (χ0) is 24.7. The predicted octanol–water partition coefficient (Wildman–Crippen LogP) is 5.38. The minimum Gasteiger partial charge on any atom is -0.447 e. The molecule has 3 heterocycles. The number of aromatic amines is 1. The van der Waals surface area contributed by atoms with E-state index in [2.05, 4.69) is 55.6 Å². The van der Waals surface area contributed by atoms with E-state index in [9.17, 15) is 4.79 Å². The molecule has 3 aromatic heterocycles. The third kappa shape index (κ3) is 6.00. The quantitative estimate of drug-likeness (QED) is 0.269. The molecule has 36 heavy (non-hydrogen) atoms. The number of benzene rings is 2. The van der Waals surface area contributed by atoms with Gasteiger partial charge in [0.25, 0.3) is 5.91 Å². The first kappa shape index (κ1) is 23.8. The zero-order valence-electron chi connectivity index (χ0n) is 19.7. The van der Waals surface area contributed by atoms with Gasteiger partial charge in [0, 0.05) is 54.2 Å². The molecule has 5 rings (SSSR count). The number of hydrogen-bond donors (Lipinski definition) is 2. The highest BCUT2D eigenvalue weighted by atomic mass is 35.5. The number of carbonyl (C=O) groups excluding carboxylic acids is 1. The molecule has 0 atom stereocenters. The Kier molecular flexibility index (Phi) is 7.40. The minimum atomic E-state index is -0.283. The van der Waals surface area contributed by atoms with Crippen LogP contribution in [0.15, 0.2) is 89.9 Å². The standard InChI is InChI=1S/C28H26ClN5O2/c29-23-7-3-5-20(13-23)17-34(12-10-22-16-31-25-9-2-1-8-24(22)25)18-27-33-26(19-36-27)28(35)32-15-21-6-4-11-30-14-21/h1-9,11,13-14,16,19,31H,10,12,15,17-18H2,(H,32,35). The molecule has 8 heteroatoms. The van der Waals surface area contributed by atoms with Gasteiger partial charge >= 0.3 is 0 Å². The number of hydrogen-bond acceptors (Lipinski definition) is 5. The Hall–Kier alpha value is -3.94. The van der Waals surface area contributed by atoms with Crippen LogP contribution in [0.4, 0.5) is 0 Å². The monoisotopic (exact) mass is 499 g/mol. The summed E-state index contributed by atoms with van der Waals surface area (Å²) in [6, 6.07) is 19.9. The average Bonchev–Trinajstić information content (AvgIpc) is 3.54. The lowest BCUT2D eigenvalue weighted by Crippen LogP contribution is -2.26. The van der Waals surface area contributed by atoms with Crippen molar-refractivity contribution in [3.63, 3.8) is 0 Å². The van der Waals surface area contributed by atoms with E-state index >= 15 is 0 Å². The van der Waals surface area contributed by atoms with Crippen molar-refractivity contribution in [1.29, 1.82) is 0 Å². The van der Waals surface area contributed by atoms with Gasteiger partial charge in [-0.2, -0.15) is 0 Å². The lowest BCUT2D eigenvalue weighted by Gasteiger charge is -2.21. The second-order valence-electron chi connectivity index (χ2n) is 8.62. The number of oxazole rings is 1. The fourth-order valence-corrected chi connectivity index (χ4v) is 4.39. The lowest BCUT2D eigenvalue weighted by atomic mass is 10.1. The highest BCUT2D eigenvalue weighted by Crippen LogP contribution is 2.20. The van der Waals surface area contributed by atoms with E-state index in [1.54, 1.807) is 12.4 Å². The van der Waals surface area contributed by atoms with Crippen LogP contribution in [-0.4, -0.2) is 32.3 Å². The van der Waals surface area contributed by atoms with Crippen LogP contribution in [0.5, 0.6) is 0 Å². The second kappa shape index (κ2) is 11.2. The number of H-pyrrole nitrogens is 1. The van der Waals surface area contributed by atoms with Gasteiger partial charge in [-0.15, -0.1) is 0 Å². The number of halogens is 1. The van der Waals surface area contributed by atoms with Crippen molar-refractivity contribution < 1.29 is 9.21 Å². The molecule has 0 aliphatic rings. The van der Waals surface area contributed by atoms with Crippen molar-refractivity contribution in [3.05, 3.63) is 119 Å². The van der Waals surface area contributed by atoms with Gasteiger partial charge in [-0.3, -0.25) is 14.7 Å². The zero-order valence-corrected chi connectivity index (χ0v) is 20.4. The molecule has 0 aliphatic carbocycles. The highest BCUT2D eigenvalue weighted by molar-refractivity contribution is 6.30. The largest absolute Gasteiger partial charge is 0.447 e. The molecule has 7 nitrogen and oxygen atoms in total. The smallest absolute Gasteiger partial charge is 0.273 e. The maximum atomic E-state index is 12.6. The summed E-state index contributed by atoms with van der Waals surface area (Å²) in [5.74, 6) is 0.205. The molecule has 0 bridgehead atoms. The Morgan fingerprint density at radius 2 is 1.94 bits per heavy atom. The summed E-state index contributed by atoms with van der Waals surface area (Å²) >= 11 is 6.22. The first-order valence-electron chi connectivity index (χ1n) is 11.8. The molecule has 2 N–H and O–H groups in total. The van der Waals surface area contributed by atoms with Crippen LogP contribution in [0.25, 0.3) is 10.9 Å². The molecule has 5 aromatic rings. The fraction of sp³-hybridized carbons (Fsp3) is 0.179. The summed E-state index contributed by atoms with van der Waals surface area (Å²) in [6.45, 7) is 2.29. The van der Waals surface area contributed by atoms with Gasteiger partial charge in [-0.1, -0.05) is 48.0 Å². The normalized spacial score (nSPS) is 11.3. The van der Waals surface area contributed by atoms with Crippen molar-refractivity contribution in [2.45, 2.75) is 26.1 Å². The Labute approximate surface area is 214 Å². The maximum Gasteiger partial charge on any atom is 0.273 e. The summed E-state index contributed by atoms with van der Waals surface area (Å²) in [6.07, 6.45) is 7.74. The summed E-state index contributed by atoms with van der Waals surface area (Å²) in [5, 5.41) is 4.78. The van der Waals surface area contributed by atoms with Gasteiger partial charge in [-0.25, -0.2) is 4.98 Å². The third-order valence-corrected chi connectivity index (χ3v) is 6.22. The summed E-state index contributed by atoms with van der Waals surface area (Å²) in [5.41, 5.74) is 4.66. The number of nitrogens with zero attached hydrogens (tertiary/aromatic N) is 3. The molecule has 1 amide bonds. The van der Waals surface area contributed by atoms with E-state index in [4.69, 9.17) is 16.0 Å². The number of fused-ring (bicyclic) bond motifs is 1. The number of rotatable bonds is 10. The van der Waals surface area contributed by atoms with Crippen LogP contribution in [0.1, 0.15) is 33.1 Å². The molecule has 0 saturated carbocycles. The van der Waals surface area contributed by atoms with Crippen molar-refractivity contribution in [1.82, 2.24) is 25.2 Å². The van der Waals surface area contributed by atoms with E-state index in [-0.39, 0.29) is 11.6 Å². The van der Waals surface area contributed by atoms with Crippen LogP contribution < -0.4 is 5.32 Å². The lowest BCUT2D eigenvalue weighted by molar-refractivity contribution is 0.0945. The molecule has 0 fully saturated rings. The van der Waals surface area contributed by atoms with Crippen LogP contribution in [0.3, 0.4) is 0 Å². The molecule has 182 valence electrons. The molecule has 0 saturated heterocycles. The van der Waals surface area contributed by atoms with Gasteiger partial charge in [0.1, 0.15) is 6.26 Å². The topological polar surface area (TPSA) is 87.0 Å². The van der Waals surface area contributed by atoms with Crippen molar-refractivity contribution in [2.75, 3.05) is 6.54 Å². The van der Waals surface area contributed by atoms with Crippen molar-refractivity contribution in [3.8, 4) is 0 Å². The first-order chi connectivity index (χ1) is 17.6. The molecule has 0 radical (unpaired) electrons. The first-order valence-corrected chi connectivity index (χ1v) is 12.1. The van der Waals surface area contributed by atoms with E-state index < -0.39 is 0 Å². The predicted molar refractivity (Wildman–Crippen MR) is 139 cm³/mol. The third-order valence-electron chi connectivity index (χ3n) is 5.99. The van der Waals surface area contributed by atoms with E-state index in [0.29, 0.717) is 30.5 Å². The van der Waals surface area contributed by atoms with Crippen molar-refractivity contribution >= 4 is 28.4 Å². The van der Waals surface area contributed by atoms with E-state index in [1.165, 1.54) is 17.2 Å². The highest BCUT2D eigenvalue weighted by Gasteiger charge is 2.16. The number of aromatic nitrogens is 3. The Bertz CT molecular complexity index is 1450. The van der Waals surface area contributed by atoms with Crippen molar-refractivity contribution in [2.24, 2.45) is 0 Å². The average molecular weight is 500 g/mol. The van der Waals surface area contributed by atoms with E-state index in [1.807, 2.05) is 36.4 Å². The SMILES string of the molecule is O=C(NCc1cccnc1)c1coc(CN(CCc2c[nH]c3ccccc23)Cc2cccc(Cl)c2)n1. The Morgan fingerprint density at radius 1 is 1.06 bits per heavy atom. The number of carbonyl (C=O) groups is 1. The number of pyridine rings is 1. The Balaban J connectivity index is 1.27. The van der Waals surface area contributed by atoms with Gasteiger partial charge < -0.3 is 14.7 Å². The summed E-state index contributed by atoms with van der Waals surface area (Å²) in [7, 11) is 0. The molecular formula is C28H26ClN5O2. The fourth-order valence-electron chi connectivity index (χ4n) is 4.18. The van der Waals surface area contributed by atoms with Gasteiger partial charge in [0.05, 0.1) is 6.54 Å². The maximum absolute atomic E-state index is 12.6. The van der Waals surface area contributed by atoms with Crippen LogP contribution >= 0.6 is 11.6 Å². The summed E-state index contributed by atoms with van der Waals surface area (Å²) in [4.78, 5) is 26.7. The number of para-hydroxylation sites is 1. The number of amides is 1. The van der Waals surface area contributed by atoms with E-state index in [0.717, 1.165) is 29.6 Å². The Morgan fingerprint density at radius 3 is 2.81 bits per heavy atom. The van der Waals surface area contributed by atoms with Crippen LogP contribution in [-0.2, 0) is 26.1 Å². The van der Waals surface area contributed by atoms with Crippen LogP contribution in [0.2, 0.25) is 5.02 Å². The molecule has 0 spiro atoms. The second-order valence-corrected chi connectivity index (χ2v) is 9.06.